The number of tetrazole rings is 1. The van der Waals surface area contributed by atoms with Crippen LogP contribution in [0.1, 0.15) is 29.9 Å². The Balaban J connectivity index is 1.66. The molecule has 0 aliphatic carbocycles. The molecule has 1 aliphatic heterocycles. The molecule has 1 saturated heterocycles. The molecule has 7 nitrogen and oxygen atoms in total. The Morgan fingerprint density at radius 3 is 2.37 bits per heavy atom. The van der Waals surface area contributed by atoms with Crippen molar-refractivity contribution in [3.8, 4) is 5.75 Å². The van der Waals surface area contributed by atoms with Gasteiger partial charge in [-0.15, -0.1) is 5.10 Å². The van der Waals surface area contributed by atoms with Crippen LogP contribution in [0.5, 0.6) is 5.75 Å². The van der Waals surface area contributed by atoms with Gasteiger partial charge in [-0.25, -0.2) is 9.07 Å². The largest absolute Gasteiger partial charge is 0.494 e. The fourth-order valence-corrected chi connectivity index (χ4v) is 3.80. The van der Waals surface area contributed by atoms with E-state index >= 15 is 0 Å². The van der Waals surface area contributed by atoms with Crippen LogP contribution < -0.4 is 4.74 Å². The Hall–Kier alpha value is -2.84. The standard InChI is InChI=1S/C22H27FN6O/c1-3-30-20-10-6-18(7-11-20)21(28-14-12-27(2)13-15-28)22-24-25-26-29(22)16-17-4-8-19(23)9-5-17/h4-11,21H,3,12-16H2,1-2H3. The number of benzene rings is 2. The van der Waals surface area contributed by atoms with E-state index < -0.39 is 0 Å². The molecule has 1 atom stereocenters. The molecule has 0 saturated carbocycles. The molecule has 0 amide bonds. The molecule has 0 N–H and O–H groups in total. The maximum atomic E-state index is 13.3. The quantitative estimate of drug-likeness (QED) is 0.597. The topological polar surface area (TPSA) is 59.3 Å². The van der Waals surface area contributed by atoms with Crippen LogP contribution in [0.25, 0.3) is 0 Å². The molecule has 1 aliphatic rings. The number of rotatable bonds is 7. The van der Waals surface area contributed by atoms with Gasteiger partial charge in [0.25, 0.3) is 0 Å². The van der Waals surface area contributed by atoms with Gasteiger partial charge in [-0.2, -0.15) is 0 Å². The average molecular weight is 410 g/mol. The van der Waals surface area contributed by atoms with E-state index in [0.717, 1.165) is 48.9 Å². The first-order chi connectivity index (χ1) is 14.6. The van der Waals surface area contributed by atoms with Crippen LogP contribution in [0.3, 0.4) is 0 Å². The summed E-state index contributed by atoms with van der Waals surface area (Å²) in [7, 11) is 2.14. The minimum Gasteiger partial charge on any atom is -0.494 e. The van der Waals surface area contributed by atoms with Crippen LogP contribution >= 0.6 is 0 Å². The predicted octanol–water partition coefficient (Wildman–Crippen LogP) is 2.60. The minimum atomic E-state index is -0.250. The first-order valence-electron chi connectivity index (χ1n) is 10.3. The third-order valence-corrected chi connectivity index (χ3v) is 5.46. The highest BCUT2D eigenvalue weighted by Crippen LogP contribution is 2.29. The lowest BCUT2D eigenvalue weighted by Gasteiger charge is -2.37. The highest BCUT2D eigenvalue weighted by Gasteiger charge is 2.30. The van der Waals surface area contributed by atoms with Crippen molar-refractivity contribution in [3.05, 3.63) is 71.3 Å². The molecule has 1 aromatic heterocycles. The first-order valence-corrected chi connectivity index (χ1v) is 10.3. The first kappa shape index (κ1) is 20.4. The zero-order valence-corrected chi connectivity index (χ0v) is 17.4. The van der Waals surface area contributed by atoms with Gasteiger partial charge in [-0.3, -0.25) is 4.90 Å². The molecule has 4 rings (SSSR count). The molecular formula is C22H27FN6O. The monoisotopic (exact) mass is 410 g/mol. The Morgan fingerprint density at radius 2 is 1.70 bits per heavy atom. The number of hydrogen-bond acceptors (Lipinski definition) is 6. The van der Waals surface area contributed by atoms with E-state index in [2.05, 4.69) is 44.5 Å². The second-order valence-electron chi connectivity index (χ2n) is 7.57. The molecule has 0 radical (unpaired) electrons. The van der Waals surface area contributed by atoms with Crippen molar-refractivity contribution in [3.63, 3.8) is 0 Å². The van der Waals surface area contributed by atoms with Gasteiger partial charge in [0, 0.05) is 26.2 Å². The number of aromatic nitrogens is 4. The van der Waals surface area contributed by atoms with Crippen molar-refractivity contribution < 1.29 is 9.13 Å². The zero-order chi connectivity index (χ0) is 20.9. The number of ether oxygens (including phenoxy) is 1. The van der Waals surface area contributed by atoms with Gasteiger partial charge in [-0.1, -0.05) is 24.3 Å². The van der Waals surface area contributed by atoms with Gasteiger partial charge in [0.1, 0.15) is 11.6 Å². The Kier molecular flexibility index (Phi) is 6.35. The summed E-state index contributed by atoms with van der Waals surface area (Å²) in [6.07, 6.45) is 0. The Bertz CT molecular complexity index is 935. The summed E-state index contributed by atoms with van der Waals surface area (Å²) < 4.78 is 20.7. The molecular weight excluding hydrogens is 383 g/mol. The Labute approximate surface area is 176 Å². The van der Waals surface area contributed by atoms with Crippen molar-refractivity contribution in [1.29, 1.82) is 0 Å². The summed E-state index contributed by atoms with van der Waals surface area (Å²) in [5, 5.41) is 12.6. The van der Waals surface area contributed by atoms with Crippen LogP contribution in [0, 0.1) is 5.82 Å². The third kappa shape index (κ3) is 4.66. The molecule has 1 unspecified atom stereocenters. The molecule has 2 heterocycles. The van der Waals surface area contributed by atoms with E-state index in [1.54, 1.807) is 12.1 Å². The van der Waals surface area contributed by atoms with E-state index in [9.17, 15) is 4.39 Å². The number of piperazine rings is 1. The summed E-state index contributed by atoms with van der Waals surface area (Å²) in [6.45, 7) is 6.95. The van der Waals surface area contributed by atoms with Gasteiger partial charge < -0.3 is 9.64 Å². The lowest BCUT2D eigenvalue weighted by atomic mass is 10.0. The van der Waals surface area contributed by atoms with Crippen molar-refractivity contribution in [2.45, 2.75) is 19.5 Å². The highest BCUT2D eigenvalue weighted by atomic mass is 19.1. The van der Waals surface area contributed by atoms with Crippen LogP contribution in [0.2, 0.25) is 0 Å². The summed E-state index contributed by atoms with van der Waals surface area (Å²) in [4.78, 5) is 4.75. The van der Waals surface area contributed by atoms with Crippen molar-refractivity contribution in [2.75, 3.05) is 39.8 Å². The zero-order valence-electron chi connectivity index (χ0n) is 17.4. The minimum absolute atomic E-state index is 0.0650. The summed E-state index contributed by atoms with van der Waals surface area (Å²) in [5.41, 5.74) is 2.08. The maximum Gasteiger partial charge on any atom is 0.173 e. The molecule has 0 bridgehead atoms. The normalized spacial score (nSPS) is 16.5. The fourth-order valence-electron chi connectivity index (χ4n) is 3.80. The summed E-state index contributed by atoms with van der Waals surface area (Å²) in [5.74, 6) is 1.39. The molecule has 1 fully saturated rings. The molecule has 30 heavy (non-hydrogen) atoms. The Morgan fingerprint density at radius 1 is 1.00 bits per heavy atom. The average Bonchev–Trinajstić information content (AvgIpc) is 3.20. The van der Waals surface area contributed by atoms with Gasteiger partial charge in [-0.05, 0) is 59.8 Å². The van der Waals surface area contributed by atoms with Crippen molar-refractivity contribution in [1.82, 2.24) is 30.0 Å². The number of nitrogens with zero attached hydrogens (tertiary/aromatic N) is 6. The number of halogens is 1. The molecule has 158 valence electrons. The van der Waals surface area contributed by atoms with Crippen LogP contribution in [-0.4, -0.2) is 69.8 Å². The smallest absolute Gasteiger partial charge is 0.173 e. The lowest BCUT2D eigenvalue weighted by Crippen LogP contribution is -2.46. The van der Waals surface area contributed by atoms with Gasteiger partial charge in [0.15, 0.2) is 5.82 Å². The molecule has 0 spiro atoms. The fraction of sp³-hybridized carbons (Fsp3) is 0.409. The molecule has 8 heteroatoms. The van der Waals surface area contributed by atoms with Crippen LogP contribution in [0.4, 0.5) is 4.39 Å². The maximum absolute atomic E-state index is 13.3. The molecule has 3 aromatic rings. The van der Waals surface area contributed by atoms with E-state index in [4.69, 9.17) is 4.74 Å². The van der Waals surface area contributed by atoms with Gasteiger partial charge in [0.05, 0.1) is 19.2 Å². The van der Waals surface area contributed by atoms with Crippen LogP contribution in [-0.2, 0) is 6.54 Å². The van der Waals surface area contributed by atoms with E-state index in [-0.39, 0.29) is 11.9 Å². The van der Waals surface area contributed by atoms with E-state index in [1.807, 2.05) is 23.7 Å². The lowest BCUT2D eigenvalue weighted by molar-refractivity contribution is 0.121. The number of hydrogen-bond donors (Lipinski definition) is 0. The third-order valence-electron chi connectivity index (χ3n) is 5.46. The molecule has 2 aromatic carbocycles. The van der Waals surface area contributed by atoms with Crippen LogP contribution in [0.15, 0.2) is 48.5 Å². The van der Waals surface area contributed by atoms with Crippen molar-refractivity contribution in [2.24, 2.45) is 0 Å². The van der Waals surface area contributed by atoms with Gasteiger partial charge >= 0.3 is 0 Å². The van der Waals surface area contributed by atoms with E-state index in [1.165, 1.54) is 12.1 Å². The predicted molar refractivity (Wildman–Crippen MR) is 112 cm³/mol. The second kappa shape index (κ2) is 9.32. The SMILES string of the molecule is CCOc1ccc(C(c2nnnn2Cc2ccc(F)cc2)N2CCN(C)CC2)cc1. The van der Waals surface area contributed by atoms with E-state index in [0.29, 0.717) is 13.2 Å². The second-order valence-corrected chi connectivity index (χ2v) is 7.57. The summed E-state index contributed by atoms with van der Waals surface area (Å²) in [6, 6.07) is 14.6. The van der Waals surface area contributed by atoms with Crippen molar-refractivity contribution >= 4 is 0 Å². The van der Waals surface area contributed by atoms with Gasteiger partial charge in [0.2, 0.25) is 0 Å². The highest BCUT2D eigenvalue weighted by molar-refractivity contribution is 5.32. The number of likely N-dealkylation sites (N-methyl/N-ethyl adjacent to an activating group) is 1. The summed E-state index contributed by atoms with van der Waals surface area (Å²) >= 11 is 0.